The first kappa shape index (κ1) is 38.5. The van der Waals surface area contributed by atoms with Crippen LogP contribution < -0.4 is 0 Å². The maximum absolute atomic E-state index is 12.9. The minimum atomic E-state index is -0.567. The maximum Gasteiger partial charge on any atom is 0.410 e. The number of fused-ring (bicyclic) bond motifs is 2. The van der Waals surface area contributed by atoms with Gasteiger partial charge in [0, 0.05) is 25.6 Å². The van der Waals surface area contributed by atoms with Crippen molar-refractivity contribution < 1.29 is 28.6 Å². The van der Waals surface area contributed by atoms with Gasteiger partial charge in [-0.2, -0.15) is 0 Å². The van der Waals surface area contributed by atoms with E-state index in [1.807, 2.05) is 84.3 Å². The third-order valence-electron chi connectivity index (χ3n) is 9.25. The van der Waals surface area contributed by atoms with Crippen molar-refractivity contribution in [2.24, 2.45) is 0 Å². The number of aromatic nitrogens is 3. The predicted molar refractivity (Wildman–Crippen MR) is 201 cm³/mol. The number of hydrogen-bond acceptors (Lipinski definition) is 8. The Kier molecular flexibility index (Phi) is 12.1. The van der Waals surface area contributed by atoms with Crippen molar-refractivity contribution in [2.75, 3.05) is 13.2 Å². The molecule has 3 aromatic carbocycles. The summed E-state index contributed by atoms with van der Waals surface area (Å²) in [5.74, 6) is -0.820. The predicted octanol–water partition coefficient (Wildman–Crippen LogP) is 8.49. The Morgan fingerprint density at radius 2 is 1.60 bits per heavy atom. The molecule has 4 aromatic rings. The molecule has 1 aliphatic rings. The van der Waals surface area contributed by atoms with Gasteiger partial charge in [0.2, 0.25) is 0 Å². The summed E-state index contributed by atoms with van der Waals surface area (Å²) in [5, 5.41) is 9.11. The standard InChI is InChI=1S/C42H54N4O6/c1-9-50-37(47)26-35(32-19-18-30-22-24-45(27-33(30)25-32)40(49)52-42(6,7)8)34-20-21-36-38(28(34)2)43-44-46(36)23-12-10-11-13-29-14-16-31(17-15-29)39(48)51-41(3,4)5/h14-21,25,35H,9-13,22-24,26-27H2,1-8H3. The second-order valence-electron chi connectivity index (χ2n) is 15.7. The molecule has 0 spiro atoms. The van der Waals surface area contributed by atoms with Gasteiger partial charge in [-0.15, -0.1) is 5.10 Å². The van der Waals surface area contributed by atoms with E-state index >= 15 is 0 Å². The van der Waals surface area contributed by atoms with Crippen molar-refractivity contribution in [1.29, 1.82) is 0 Å². The number of ether oxygens (including phenoxy) is 3. The van der Waals surface area contributed by atoms with E-state index in [4.69, 9.17) is 14.2 Å². The molecular weight excluding hydrogens is 656 g/mol. The first-order valence-electron chi connectivity index (χ1n) is 18.5. The number of carbonyl (C=O) groups is 3. The summed E-state index contributed by atoms with van der Waals surface area (Å²) in [4.78, 5) is 39.9. The van der Waals surface area contributed by atoms with Crippen LogP contribution in [0.1, 0.15) is 124 Å². The highest BCUT2D eigenvalue weighted by Crippen LogP contribution is 2.36. The lowest BCUT2D eigenvalue weighted by Gasteiger charge is -2.32. The average molecular weight is 711 g/mol. The first-order valence-corrected chi connectivity index (χ1v) is 18.5. The number of benzene rings is 3. The summed E-state index contributed by atoms with van der Waals surface area (Å²) in [6.45, 7) is 17.2. The van der Waals surface area contributed by atoms with E-state index in [2.05, 4.69) is 40.6 Å². The zero-order chi connectivity index (χ0) is 37.6. The van der Waals surface area contributed by atoms with Gasteiger partial charge in [-0.1, -0.05) is 48.0 Å². The molecule has 10 heteroatoms. The Bertz CT molecular complexity index is 1880. The van der Waals surface area contributed by atoms with Crippen molar-refractivity contribution in [2.45, 2.75) is 124 Å². The van der Waals surface area contributed by atoms with Gasteiger partial charge in [-0.3, -0.25) is 4.79 Å². The quantitative estimate of drug-likeness (QED) is 0.0818. The van der Waals surface area contributed by atoms with Crippen LogP contribution in [-0.4, -0.2) is 62.3 Å². The highest BCUT2D eigenvalue weighted by Gasteiger charge is 2.28. The monoisotopic (exact) mass is 710 g/mol. The molecule has 0 N–H and O–H groups in total. The van der Waals surface area contributed by atoms with Gasteiger partial charge in [0.15, 0.2) is 0 Å². The van der Waals surface area contributed by atoms with Crippen molar-refractivity contribution in [3.63, 3.8) is 0 Å². The minimum Gasteiger partial charge on any atom is -0.466 e. The third-order valence-corrected chi connectivity index (χ3v) is 9.25. The van der Waals surface area contributed by atoms with E-state index in [0.29, 0.717) is 25.3 Å². The lowest BCUT2D eigenvalue weighted by molar-refractivity contribution is -0.143. The minimum absolute atomic E-state index is 0.187. The van der Waals surface area contributed by atoms with Gasteiger partial charge in [-0.25, -0.2) is 14.3 Å². The smallest absolute Gasteiger partial charge is 0.410 e. The molecule has 1 aliphatic heterocycles. The van der Waals surface area contributed by atoms with Crippen LogP contribution in [0.25, 0.3) is 11.0 Å². The van der Waals surface area contributed by atoms with Crippen LogP contribution in [0.4, 0.5) is 4.79 Å². The molecular formula is C42H54N4O6. The van der Waals surface area contributed by atoms with Gasteiger partial charge in [0.05, 0.1) is 24.1 Å². The molecule has 1 unspecified atom stereocenters. The SMILES string of the molecule is CCOC(=O)CC(c1ccc2c(c1)CN(C(=O)OC(C)(C)C)CC2)c1ccc2c(nnn2CCCCCc2ccc(C(=O)OC(C)(C)C)cc2)c1C. The number of esters is 2. The molecule has 0 saturated heterocycles. The van der Waals surface area contributed by atoms with Crippen LogP contribution in [0.5, 0.6) is 0 Å². The van der Waals surface area contributed by atoms with Gasteiger partial charge in [0.25, 0.3) is 0 Å². The van der Waals surface area contributed by atoms with Crippen molar-refractivity contribution in [1.82, 2.24) is 19.9 Å². The number of hydrogen-bond donors (Lipinski definition) is 0. The zero-order valence-electron chi connectivity index (χ0n) is 32.1. The Morgan fingerprint density at radius 1 is 0.865 bits per heavy atom. The van der Waals surface area contributed by atoms with E-state index in [9.17, 15) is 14.4 Å². The topological polar surface area (TPSA) is 113 Å². The molecule has 10 nitrogen and oxygen atoms in total. The van der Waals surface area contributed by atoms with Gasteiger partial charge in [0.1, 0.15) is 16.7 Å². The normalized spacial score (nSPS) is 13.8. The molecule has 2 heterocycles. The van der Waals surface area contributed by atoms with Crippen molar-refractivity contribution >= 4 is 29.1 Å². The molecule has 0 aliphatic carbocycles. The summed E-state index contributed by atoms with van der Waals surface area (Å²) in [6.07, 6.45) is 4.54. The Labute approximate surface area is 307 Å². The second-order valence-corrected chi connectivity index (χ2v) is 15.7. The molecule has 52 heavy (non-hydrogen) atoms. The lowest BCUT2D eigenvalue weighted by Crippen LogP contribution is -2.39. The van der Waals surface area contributed by atoms with Crippen LogP contribution >= 0.6 is 0 Å². The highest BCUT2D eigenvalue weighted by atomic mass is 16.6. The van der Waals surface area contributed by atoms with Crippen LogP contribution in [0.3, 0.4) is 0 Å². The van der Waals surface area contributed by atoms with Gasteiger partial charge in [-0.05, 0) is 133 Å². The number of carbonyl (C=O) groups excluding carboxylic acids is 3. The van der Waals surface area contributed by atoms with Crippen LogP contribution in [-0.2, 0) is 44.9 Å². The summed E-state index contributed by atoms with van der Waals surface area (Å²) in [6, 6.07) is 18.2. The molecule has 0 radical (unpaired) electrons. The first-order chi connectivity index (χ1) is 24.6. The highest BCUT2D eigenvalue weighted by molar-refractivity contribution is 5.89. The Hall–Kier alpha value is -4.73. The summed E-state index contributed by atoms with van der Waals surface area (Å²) < 4.78 is 18.5. The van der Waals surface area contributed by atoms with E-state index in [0.717, 1.165) is 71.9 Å². The molecule has 1 atom stereocenters. The Balaban J connectivity index is 1.26. The second kappa shape index (κ2) is 16.3. The summed E-state index contributed by atoms with van der Waals surface area (Å²) >= 11 is 0. The largest absolute Gasteiger partial charge is 0.466 e. The Morgan fingerprint density at radius 3 is 2.29 bits per heavy atom. The van der Waals surface area contributed by atoms with Crippen LogP contribution in [0.2, 0.25) is 0 Å². The van der Waals surface area contributed by atoms with E-state index in [1.54, 1.807) is 4.90 Å². The molecule has 0 bridgehead atoms. The molecule has 1 aromatic heterocycles. The fourth-order valence-electron chi connectivity index (χ4n) is 6.71. The number of unbranched alkanes of at least 4 members (excludes halogenated alkanes) is 2. The van der Waals surface area contributed by atoms with Crippen LogP contribution in [0.15, 0.2) is 54.6 Å². The third kappa shape index (κ3) is 9.98. The van der Waals surface area contributed by atoms with E-state index in [1.165, 1.54) is 11.1 Å². The molecule has 5 rings (SSSR count). The molecule has 1 amide bonds. The van der Waals surface area contributed by atoms with Crippen molar-refractivity contribution in [3.8, 4) is 0 Å². The maximum atomic E-state index is 12.9. The van der Waals surface area contributed by atoms with Crippen LogP contribution in [0, 0.1) is 6.92 Å². The zero-order valence-corrected chi connectivity index (χ0v) is 32.1. The molecule has 0 saturated carbocycles. The lowest BCUT2D eigenvalue weighted by atomic mass is 9.83. The van der Waals surface area contributed by atoms with Crippen molar-refractivity contribution in [3.05, 3.63) is 93.5 Å². The number of nitrogens with zero attached hydrogens (tertiary/aromatic N) is 4. The fraction of sp³-hybridized carbons (Fsp3) is 0.500. The number of aryl methyl sites for hydroxylation is 3. The summed E-state index contributed by atoms with van der Waals surface area (Å²) in [7, 11) is 0. The van der Waals surface area contributed by atoms with E-state index in [-0.39, 0.29) is 30.4 Å². The fourth-order valence-corrected chi connectivity index (χ4v) is 6.71. The van der Waals surface area contributed by atoms with Gasteiger partial charge >= 0.3 is 18.0 Å². The number of rotatable bonds is 12. The molecule has 0 fully saturated rings. The van der Waals surface area contributed by atoms with E-state index < -0.39 is 11.2 Å². The average Bonchev–Trinajstić information content (AvgIpc) is 3.49. The summed E-state index contributed by atoms with van der Waals surface area (Å²) in [5.41, 5.74) is 7.71. The van der Waals surface area contributed by atoms with Gasteiger partial charge < -0.3 is 19.1 Å². The molecule has 278 valence electrons. The number of amides is 1.